The Bertz CT molecular complexity index is 837. The van der Waals surface area contributed by atoms with Crippen LogP contribution in [0.1, 0.15) is 11.3 Å². The largest absolute Gasteiger partial charge is 0.481 e. The van der Waals surface area contributed by atoms with E-state index < -0.39 is 5.97 Å². The van der Waals surface area contributed by atoms with Gasteiger partial charge in [-0.25, -0.2) is 4.98 Å². The summed E-state index contributed by atoms with van der Waals surface area (Å²) in [4.78, 5) is 15.7. The third-order valence-corrected chi connectivity index (χ3v) is 3.36. The van der Waals surface area contributed by atoms with Crippen molar-refractivity contribution < 1.29 is 9.90 Å². The van der Waals surface area contributed by atoms with Crippen molar-refractivity contribution in [2.75, 3.05) is 5.73 Å². The number of nitrogens with zero attached hydrogens (tertiary/aromatic N) is 2. The summed E-state index contributed by atoms with van der Waals surface area (Å²) in [5.74, 6) is -0.887. The molecule has 0 spiro atoms. The molecule has 0 aliphatic rings. The molecular formula is C16H15N3O2. The van der Waals surface area contributed by atoms with Crippen LogP contribution in [0.2, 0.25) is 0 Å². The fraction of sp³-hybridized carbons (Fsp3) is 0.125. The Morgan fingerprint density at radius 1 is 1.33 bits per heavy atom. The van der Waals surface area contributed by atoms with E-state index >= 15 is 0 Å². The standard InChI is InChI=1S/C16H15N3O2/c1-10-5-6-19-13(9-15(20)21)16(18-14(19)7-10)11-3-2-4-12(17)8-11/h2-8H,9,17H2,1H3,(H,20,21). The Hall–Kier alpha value is -2.82. The number of nitrogens with two attached hydrogens (primary N) is 1. The summed E-state index contributed by atoms with van der Waals surface area (Å²) in [5.41, 5.74) is 10.4. The fourth-order valence-electron chi connectivity index (χ4n) is 2.43. The van der Waals surface area contributed by atoms with Crippen LogP contribution in [0.5, 0.6) is 0 Å². The summed E-state index contributed by atoms with van der Waals surface area (Å²) in [6.07, 6.45) is 1.76. The van der Waals surface area contributed by atoms with Gasteiger partial charge in [0.15, 0.2) is 0 Å². The number of nitrogen functional groups attached to an aromatic ring is 1. The maximum atomic E-state index is 11.2. The van der Waals surface area contributed by atoms with Crippen LogP contribution in [0.3, 0.4) is 0 Å². The Morgan fingerprint density at radius 3 is 2.86 bits per heavy atom. The molecule has 2 aromatic heterocycles. The number of anilines is 1. The molecule has 106 valence electrons. The minimum atomic E-state index is -0.887. The Kier molecular flexibility index (Phi) is 3.10. The lowest BCUT2D eigenvalue weighted by Crippen LogP contribution is -2.04. The van der Waals surface area contributed by atoms with E-state index in [0.29, 0.717) is 17.1 Å². The average Bonchev–Trinajstić information content (AvgIpc) is 2.76. The number of hydrogen-bond donors (Lipinski definition) is 2. The van der Waals surface area contributed by atoms with Gasteiger partial charge >= 0.3 is 5.97 Å². The predicted octanol–water partition coefficient (Wildman–Crippen LogP) is 2.52. The molecule has 5 nitrogen and oxygen atoms in total. The van der Waals surface area contributed by atoms with Gasteiger partial charge in [0.2, 0.25) is 0 Å². The number of imidazole rings is 1. The second-order valence-corrected chi connectivity index (χ2v) is 5.04. The number of hydrogen-bond acceptors (Lipinski definition) is 3. The van der Waals surface area contributed by atoms with Crippen LogP contribution in [0.25, 0.3) is 16.9 Å². The Balaban J connectivity index is 2.27. The zero-order valence-electron chi connectivity index (χ0n) is 11.6. The van der Waals surface area contributed by atoms with Gasteiger partial charge in [0.1, 0.15) is 5.65 Å². The SMILES string of the molecule is Cc1ccn2c(CC(=O)O)c(-c3cccc(N)c3)nc2c1. The minimum Gasteiger partial charge on any atom is -0.481 e. The van der Waals surface area contributed by atoms with Gasteiger partial charge in [-0.3, -0.25) is 4.79 Å². The quantitative estimate of drug-likeness (QED) is 0.723. The summed E-state index contributed by atoms with van der Waals surface area (Å²) in [5, 5.41) is 9.16. The van der Waals surface area contributed by atoms with Crippen LogP contribution in [0, 0.1) is 6.92 Å². The van der Waals surface area contributed by atoms with Gasteiger partial charge in [-0.15, -0.1) is 0 Å². The van der Waals surface area contributed by atoms with Crippen LogP contribution in [0.4, 0.5) is 5.69 Å². The highest BCUT2D eigenvalue weighted by atomic mass is 16.4. The van der Waals surface area contributed by atoms with E-state index in [1.165, 1.54) is 0 Å². The number of fused-ring (bicyclic) bond motifs is 1. The smallest absolute Gasteiger partial charge is 0.309 e. The number of aliphatic carboxylic acids is 1. The van der Waals surface area contributed by atoms with Crippen molar-refractivity contribution in [2.45, 2.75) is 13.3 Å². The second kappa shape index (κ2) is 4.94. The molecule has 21 heavy (non-hydrogen) atoms. The lowest BCUT2D eigenvalue weighted by atomic mass is 10.1. The van der Waals surface area contributed by atoms with Crippen molar-refractivity contribution in [3.8, 4) is 11.3 Å². The number of pyridine rings is 1. The topological polar surface area (TPSA) is 80.6 Å². The van der Waals surface area contributed by atoms with Crippen LogP contribution in [0.15, 0.2) is 42.6 Å². The lowest BCUT2D eigenvalue weighted by molar-refractivity contribution is -0.136. The van der Waals surface area contributed by atoms with Crippen molar-refractivity contribution in [1.29, 1.82) is 0 Å². The van der Waals surface area contributed by atoms with E-state index in [0.717, 1.165) is 16.8 Å². The molecule has 0 radical (unpaired) electrons. The number of carboxylic acids is 1. The molecule has 5 heteroatoms. The molecule has 1 aromatic carbocycles. The van der Waals surface area contributed by atoms with Crippen molar-refractivity contribution in [3.63, 3.8) is 0 Å². The Labute approximate surface area is 121 Å². The summed E-state index contributed by atoms with van der Waals surface area (Å²) in [6.45, 7) is 1.98. The molecule has 0 bridgehead atoms. The minimum absolute atomic E-state index is 0.0889. The maximum Gasteiger partial charge on any atom is 0.309 e. The number of rotatable bonds is 3. The molecule has 0 atom stereocenters. The van der Waals surface area contributed by atoms with E-state index in [1.807, 2.05) is 41.8 Å². The molecule has 0 saturated heterocycles. The summed E-state index contributed by atoms with van der Waals surface area (Å²) >= 11 is 0. The van der Waals surface area contributed by atoms with E-state index in [9.17, 15) is 4.79 Å². The Morgan fingerprint density at radius 2 is 2.14 bits per heavy atom. The van der Waals surface area contributed by atoms with Crippen molar-refractivity contribution in [3.05, 3.63) is 53.9 Å². The molecular weight excluding hydrogens is 266 g/mol. The molecule has 0 saturated carbocycles. The normalized spacial score (nSPS) is 10.9. The van der Waals surface area contributed by atoms with Crippen LogP contribution in [-0.2, 0) is 11.2 Å². The third-order valence-electron chi connectivity index (χ3n) is 3.36. The third kappa shape index (κ3) is 2.45. The first-order valence-electron chi connectivity index (χ1n) is 6.60. The maximum absolute atomic E-state index is 11.2. The highest BCUT2D eigenvalue weighted by Crippen LogP contribution is 2.26. The van der Waals surface area contributed by atoms with Gasteiger partial charge in [0, 0.05) is 17.4 Å². The van der Waals surface area contributed by atoms with E-state index in [2.05, 4.69) is 4.98 Å². The first kappa shape index (κ1) is 13.2. The zero-order valence-corrected chi connectivity index (χ0v) is 11.6. The fourth-order valence-corrected chi connectivity index (χ4v) is 2.43. The molecule has 0 fully saturated rings. The zero-order chi connectivity index (χ0) is 15.0. The van der Waals surface area contributed by atoms with Crippen molar-refractivity contribution >= 4 is 17.3 Å². The summed E-state index contributed by atoms with van der Waals surface area (Å²) < 4.78 is 1.82. The number of carbonyl (C=O) groups is 1. The van der Waals surface area contributed by atoms with Gasteiger partial charge in [-0.2, -0.15) is 0 Å². The van der Waals surface area contributed by atoms with E-state index in [1.54, 1.807) is 12.1 Å². The second-order valence-electron chi connectivity index (χ2n) is 5.04. The van der Waals surface area contributed by atoms with Gasteiger partial charge in [-0.1, -0.05) is 12.1 Å². The van der Waals surface area contributed by atoms with Gasteiger partial charge in [0.25, 0.3) is 0 Å². The number of aromatic nitrogens is 2. The van der Waals surface area contributed by atoms with E-state index in [-0.39, 0.29) is 6.42 Å². The van der Waals surface area contributed by atoms with Crippen molar-refractivity contribution in [2.24, 2.45) is 0 Å². The first-order valence-corrected chi connectivity index (χ1v) is 6.60. The highest BCUT2D eigenvalue weighted by molar-refractivity contribution is 5.77. The summed E-state index contributed by atoms with van der Waals surface area (Å²) in [7, 11) is 0. The van der Waals surface area contributed by atoms with Crippen LogP contribution in [-0.4, -0.2) is 20.5 Å². The van der Waals surface area contributed by atoms with Gasteiger partial charge in [0.05, 0.1) is 17.8 Å². The number of aryl methyl sites for hydroxylation is 1. The number of benzene rings is 1. The monoisotopic (exact) mass is 281 g/mol. The van der Waals surface area contributed by atoms with Crippen molar-refractivity contribution in [1.82, 2.24) is 9.38 Å². The molecule has 2 heterocycles. The molecule has 0 aliphatic heterocycles. The lowest BCUT2D eigenvalue weighted by Gasteiger charge is -2.04. The average molecular weight is 281 g/mol. The molecule has 3 N–H and O–H groups in total. The van der Waals surface area contributed by atoms with Crippen LogP contribution >= 0.6 is 0 Å². The summed E-state index contributed by atoms with van der Waals surface area (Å²) in [6, 6.07) is 11.2. The first-order chi connectivity index (χ1) is 10.0. The van der Waals surface area contributed by atoms with Gasteiger partial charge in [-0.05, 0) is 36.8 Å². The number of carboxylic acid groups (broad SMARTS) is 1. The van der Waals surface area contributed by atoms with Crippen LogP contribution < -0.4 is 5.73 Å². The molecule has 3 rings (SSSR count). The molecule has 3 aromatic rings. The predicted molar refractivity (Wildman–Crippen MR) is 81.1 cm³/mol. The highest BCUT2D eigenvalue weighted by Gasteiger charge is 2.16. The van der Waals surface area contributed by atoms with Gasteiger partial charge < -0.3 is 15.2 Å². The molecule has 0 unspecified atom stereocenters. The van der Waals surface area contributed by atoms with E-state index in [4.69, 9.17) is 10.8 Å². The molecule has 0 aliphatic carbocycles. The molecule has 0 amide bonds.